The van der Waals surface area contributed by atoms with Crippen LogP contribution in [0.5, 0.6) is 46.0 Å². The van der Waals surface area contributed by atoms with Crippen molar-refractivity contribution in [2.45, 2.75) is 137 Å². The molecule has 12 bridgehead atoms. The fourth-order valence-corrected chi connectivity index (χ4v) is 20.3. The van der Waals surface area contributed by atoms with Crippen molar-refractivity contribution in [3.63, 3.8) is 0 Å². The molecule has 0 heterocycles. The molecule has 6 aromatic rings. The molecule has 12 saturated carbocycles. The van der Waals surface area contributed by atoms with Crippen molar-refractivity contribution in [2.24, 2.45) is 46.3 Å². The number of phenols is 4. The maximum Gasteiger partial charge on any atom is 0.142 e. The smallest absolute Gasteiger partial charge is 0.142 e. The standard InChI is InChI=1S/C44H48N2O4.C22H26N2O2/c45-37-11-9-35(15-39(37)47)49-33-5-1-31(2-6-33)41-17-27-13-28(18-41)22-43(21-27,25-41)44-23-29-14-30(24-44)20-42(19-29,26-44)32-3-7-34(8-4-32)50-36-10-12-38(46)40(48)16-36;23-17-6-15(1-3-19(17)25)21-8-13-5-14(9-21)11-22(10-13,12-21)16-2-4-20(26)18(24)7-16/h1-12,15-16,27-30,47-48H,13-14,17-26,45-46H2;1-4,6-7,13-14,25-26H,5,8-12,23-24H2. The maximum absolute atomic E-state index is 10.1. The van der Waals surface area contributed by atoms with E-state index in [9.17, 15) is 20.4 Å². The van der Waals surface area contributed by atoms with E-state index in [1.54, 1.807) is 48.5 Å². The zero-order valence-corrected chi connectivity index (χ0v) is 43.7. The van der Waals surface area contributed by atoms with Gasteiger partial charge in [0, 0.05) is 12.1 Å². The van der Waals surface area contributed by atoms with E-state index in [1.807, 2.05) is 12.1 Å². The molecule has 0 radical (unpaired) electrons. The first-order valence-electron chi connectivity index (χ1n) is 28.4. The minimum Gasteiger partial charge on any atom is -0.506 e. The van der Waals surface area contributed by atoms with Crippen molar-refractivity contribution in [2.75, 3.05) is 22.9 Å². The van der Waals surface area contributed by atoms with Crippen molar-refractivity contribution in [1.82, 2.24) is 0 Å². The Morgan fingerprint density at radius 3 is 0.934 bits per heavy atom. The highest BCUT2D eigenvalue weighted by Crippen LogP contribution is 2.79. The second-order valence-corrected chi connectivity index (χ2v) is 26.8. The van der Waals surface area contributed by atoms with E-state index in [0.717, 1.165) is 53.4 Å². The van der Waals surface area contributed by atoms with Gasteiger partial charge in [-0.25, -0.2) is 0 Å². The molecule has 0 saturated heterocycles. The number of hydrogen-bond donors (Lipinski definition) is 8. The summed E-state index contributed by atoms with van der Waals surface area (Å²) in [6, 6.07) is 39.7. The highest BCUT2D eigenvalue weighted by molar-refractivity contribution is 5.59. The lowest BCUT2D eigenvalue weighted by atomic mass is 9.30. The predicted octanol–water partition coefficient (Wildman–Crippen LogP) is 14.3. The van der Waals surface area contributed by atoms with Gasteiger partial charge in [-0.05, 0) is 279 Å². The second-order valence-electron chi connectivity index (χ2n) is 26.8. The summed E-state index contributed by atoms with van der Waals surface area (Å²) in [5.74, 6) is 7.98. The Morgan fingerprint density at radius 2 is 0.605 bits per heavy atom. The van der Waals surface area contributed by atoms with Gasteiger partial charge in [0.05, 0.1) is 22.7 Å². The van der Waals surface area contributed by atoms with Crippen molar-refractivity contribution in [1.29, 1.82) is 0 Å². The molecule has 0 spiro atoms. The summed E-state index contributed by atoms with van der Waals surface area (Å²) in [5.41, 5.74) is 32.5. The number of nitrogens with two attached hydrogens (primary N) is 4. The molecule has 12 N–H and O–H groups in total. The Bertz CT molecular complexity index is 3010. The molecule has 4 unspecified atom stereocenters. The van der Waals surface area contributed by atoms with Crippen LogP contribution in [0.15, 0.2) is 121 Å². The summed E-state index contributed by atoms with van der Waals surface area (Å²) >= 11 is 0. The van der Waals surface area contributed by atoms with E-state index in [4.69, 9.17) is 32.4 Å². The van der Waals surface area contributed by atoms with Crippen LogP contribution in [0.4, 0.5) is 22.7 Å². The summed E-state index contributed by atoms with van der Waals surface area (Å²) in [7, 11) is 0. The first kappa shape index (κ1) is 47.7. The Morgan fingerprint density at radius 1 is 0.303 bits per heavy atom. The molecule has 18 rings (SSSR count). The molecule has 10 heteroatoms. The molecule has 12 fully saturated rings. The summed E-state index contributed by atoms with van der Waals surface area (Å²) in [4.78, 5) is 0. The molecule has 76 heavy (non-hydrogen) atoms. The molecule has 0 aliphatic heterocycles. The average molecular weight is 1020 g/mol. The third-order valence-corrected chi connectivity index (χ3v) is 22.0. The fourth-order valence-electron chi connectivity index (χ4n) is 20.3. The summed E-state index contributed by atoms with van der Waals surface area (Å²) < 4.78 is 12.3. The lowest BCUT2D eigenvalue weighted by molar-refractivity contribution is -0.212. The third-order valence-electron chi connectivity index (χ3n) is 22.0. The summed E-state index contributed by atoms with van der Waals surface area (Å²) in [5, 5.41) is 39.8. The normalized spacial score (nSPS) is 35.7. The van der Waals surface area contributed by atoms with Crippen molar-refractivity contribution in [3.8, 4) is 46.0 Å². The van der Waals surface area contributed by atoms with Crippen LogP contribution >= 0.6 is 0 Å². The van der Waals surface area contributed by atoms with Gasteiger partial charge in [-0.1, -0.05) is 36.4 Å². The van der Waals surface area contributed by atoms with Gasteiger partial charge in [-0.3, -0.25) is 0 Å². The number of nitrogen functional groups attached to an aromatic ring is 4. The molecule has 0 amide bonds. The number of hydrogen-bond acceptors (Lipinski definition) is 10. The van der Waals surface area contributed by atoms with Gasteiger partial charge in [0.15, 0.2) is 0 Å². The van der Waals surface area contributed by atoms with Crippen LogP contribution in [0.3, 0.4) is 0 Å². The van der Waals surface area contributed by atoms with Gasteiger partial charge in [-0.2, -0.15) is 0 Å². The average Bonchev–Trinajstić information content (AvgIpc) is 3.48. The third kappa shape index (κ3) is 7.68. The van der Waals surface area contributed by atoms with Gasteiger partial charge >= 0.3 is 0 Å². The van der Waals surface area contributed by atoms with Crippen LogP contribution < -0.4 is 32.4 Å². The minimum atomic E-state index is 0.0479. The van der Waals surface area contributed by atoms with Crippen molar-refractivity contribution >= 4 is 22.7 Å². The highest BCUT2D eigenvalue weighted by atomic mass is 16.5. The molecule has 12 aliphatic rings. The van der Waals surface area contributed by atoms with E-state index in [-0.39, 0.29) is 44.7 Å². The number of anilines is 4. The number of benzene rings is 6. The van der Waals surface area contributed by atoms with Crippen molar-refractivity contribution < 1.29 is 29.9 Å². The molecule has 12 aliphatic carbocycles. The molecular weight excluding hydrogens is 945 g/mol. The summed E-state index contributed by atoms with van der Waals surface area (Å²) in [6.07, 6.45) is 23.9. The molecule has 0 aromatic heterocycles. The lowest BCUT2D eigenvalue weighted by Gasteiger charge is -2.74. The van der Waals surface area contributed by atoms with Crippen LogP contribution in [0.2, 0.25) is 0 Å². The van der Waals surface area contributed by atoms with E-state index in [0.29, 0.717) is 45.1 Å². The van der Waals surface area contributed by atoms with Gasteiger partial charge in [0.2, 0.25) is 0 Å². The first-order valence-corrected chi connectivity index (χ1v) is 28.4. The van der Waals surface area contributed by atoms with Gasteiger partial charge in [0.25, 0.3) is 0 Å². The molecule has 6 aromatic carbocycles. The predicted molar refractivity (Wildman–Crippen MR) is 299 cm³/mol. The molecule has 394 valence electrons. The van der Waals surface area contributed by atoms with E-state index < -0.39 is 0 Å². The van der Waals surface area contributed by atoms with Gasteiger partial charge in [0.1, 0.15) is 46.0 Å². The van der Waals surface area contributed by atoms with Crippen molar-refractivity contribution in [3.05, 3.63) is 144 Å². The Hall–Kier alpha value is -6.68. The Balaban J connectivity index is 0.000000170. The topological polar surface area (TPSA) is 203 Å². The summed E-state index contributed by atoms with van der Waals surface area (Å²) in [6.45, 7) is 0. The van der Waals surface area contributed by atoms with E-state index in [2.05, 4.69) is 60.7 Å². The molecule has 4 atom stereocenters. The minimum absolute atomic E-state index is 0.0479. The van der Waals surface area contributed by atoms with Crippen LogP contribution in [0.1, 0.15) is 138 Å². The fraction of sp³-hybridized carbons (Fsp3) is 0.455. The molecular formula is C66H74N4O6. The van der Waals surface area contributed by atoms with E-state index in [1.165, 1.54) is 131 Å². The number of ether oxygens (including phenoxy) is 2. The monoisotopic (exact) mass is 1020 g/mol. The number of aromatic hydroxyl groups is 4. The highest BCUT2D eigenvalue weighted by Gasteiger charge is 2.70. The Kier molecular flexibility index (Phi) is 10.6. The van der Waals surface area contributed by atoms with Crippen LogP contribution in [0.25, 0.3) is 0 Å². The Labute approximate surface area is 446 Å². The molecule has 10 nitrogen and oxygen atoms in total. The van der Waals surface area contributed by atoms with E-state index >= 15 is 0 Å². The van der Waals surface area contributed by atoms with Crippen LogP contribution in [-0.4, -0.2) is 20.4 Å². The quantitative estimate of drug-likeness (QED) is 0.0508. The number of rotatable bonds is 9. The number of phenolic OH excluding ortho intramolecular Hbond substituents is 4. The second kappa shape index (κ2) is 16.9. The van der Waals surface area contributed by atoms with Crippen LogP contribution in [-0.2, 0) is 21.7 Å². The van der Waals surface area contributed by atoms with Crippen LogP contribution in [0, 0.1) is 46.3 Å². The SMILES string of the molecule is Nc1cc(C23CC4CC(C2)CC(c2ccc(O)c(N)c2)(C4)C3)ccc1O.Nc1ccc(Oc2ccc(C34CC5CC(C3)CC(C36CC7CC(CC(c8ccc(Oc9ccc(N)c(O)c9)cc8)(C7)C3)C6)(C5)C4)cc2)cc1O. The van der Waals surface area contributed by atoms with Gasteiger partial charge < -0.3 is 52.8 Å². The van der Waals surface area contributed by atoms with Gasteiger partial charge in [-0.15, -0.1) is 0 Å². The largest absolute Gasteiger partial charge is 0.506 e. The zero-order chi connectivity index (χ0) is 52.0. The zero-order valence-electron chi connectivity index (χ0n) is 43.7. The lowest BCUT2D eigenvalue weighted by Crippen LogP contribution is -2.66. The maximum atomic E-state index is 10.1. The first-order chi connectivity index (χ1) is 36.5.